The number of rotatable bonds is 3. The highest BCUT2D eigenvalue weighted by Crippen LogP contribution is 2.33. The van der Waals surface area contributed by atoms with Crippen LogP contribution in [0, 0.1) is 6.92 Å². The number of aromatic nitrogens is 4. The Balaban J connectivity index is 1.97. The topological polar surface area (TPSA) is 119 Å². The van der Waals surface area contributed by atoms with Gasteiger partial charge in [-0.25, -0.2) is 15.0 Å². The van der Waals surface area contributed by atoms with E-state index < -0.39 is 24.5 Å². The summed E-state index contributed by atoms with van der Waals surface area (Å²) >= 11 is 0. The van der Waals surface area contributed by atoms with Gasteiger partial charge in [0.15, 0.2) is 17.7 Å². The van der Waals surface area contributed by atoms with Crippen molar-refractivity contribution in [1.82, 2.24) is 19.5 Å². The fourth-order valence-corrected chi connectivity index (χ4v) is 2.46. The van der Waals surface area contributed by atoms with E-state index in [1.54, 1.807) is 4.57 Å². The van der Waals surface area contributed by atoms with Gasteiger partial charge in [0.25, 0.3) is 0 Å². The monoisotopic (exact) mass is 278 g/mol. The third-order valence-electron chi connectivity index (χ3n) is 3.49. The van der Waals surface area contributed by atoms with Gasteiger partial charge >= 0.3 is 0 Å². The molecule has 0 radical (unpaired) electrons. The van der Waals surface area contributed by atoms with Gasteiger partial charge in [-0.3, -0.25) is 4.57 Å². The molecule has 0 spiro atoms. The van der Waals surface area contributed by atoms with Gasteiger partial charge in [0, 0.05) is 0 Å². The molecule has 20 heavy (non-hydrogen) atoms. The molecule has 8 heteroatoms. The molecule has 0 bridgehead atoms. The molecule has 2 aromatic rings. The molecule has 1 saturated heterocycles. The maximum absolute atomic E-state index is 10.1. The van der Waals surface area contributed by atoms with Gasteiger partial charge in [0.05, 0.1) is 12.4 Å². The van der Waals surface area contributed by atoms with E-state index in [-0.39, 0.29) is 5.82 Å². The Morgan fingerprint density at radius 3 is 2.85 bits per heavy atom. The van der Waals surface area contributed by atoms with E-state index >= 15 is 0 Å². The lowest BCUT2D eigenvalue weighted by atomic mass is 10.1. The Hall–Kier alpha value is -1.77. The first kappa shape index (κ1) is 13.2. The van der Waals surface area contributed by atoms with Gasteiger partial charge in [0.1, 0.15) is 24.1 Å². The van der Waals surface area contributed by atoms with Crippen LogP contribution in [0.25, 0.3) is 11.2 Å². The summed E-state index contributed by atoms with van der Waals surface area (Å²) in [4.78, 5) is 12.1. The quantitative estimate of drug-likeness (QED) is 0.656. The maximum atomic E-state index is 10.1. The SMILES string of the molecule is [CH2-]CC[C@H]1O[C@@H](n2cnc3c(N)ncnc32)[C@H](O)[C@@H]1O. The van der Waals surface area contributed by atoms with Crippen LogP contribution in [-0.2, 0) is 4.74 Å². The zero-order valence-corrected chi connectivity index (χ0v) is 10.8. The second-order valence-corrected chi connectivity index (χ2v) is 4.77. The van der Waals surface area contributed by atoms with Crippen LogP contribution in [-0.4, -0.2) is 48.0 Å². The van der Waals surface area contributed by atoms with Crippen molar-refractivity contribution in [3.63, 3.8) is 0 Å². The Labute approximate surface area is 115 Å². The molecule has 0 aromatic carbocycles. The average Bonchev–Trinajstić information content (AvgIpc) is 2.97. The molecule has 0 saturated carbocycles. The predicted octanol–water partition coefficient (Wildman–Crippen LogP) is -0.358. The van der Waals surface area contributed by atoms with Crippen LogP contribution in [0.4, 0.5) is 5.82 Å². The molecule has 108 valence electrons. The molecule has 3 rings (SSSR count). The summed E-state index contributed by atoms with van der Waals surface area (Å²) in [5, 5.41) is 20.1. The van der Waals surface area contributed by atoms with E-state index in [2.05, 4.69) is 21.9 Å². The fraction of sp³-hybridized carbons (Fsp3) is 0.500. The molecule has 2 aromatic heterocycles. The van der Waals surface area contributed by atoms with E-state index in [4.69, 9.17) is 10.5 Å². The molecule has 4 N–H and O–H groups in total. The van der Waals surface area contributed by atoms with E-state index in [9.17, 15) is 10.2 Å². The second-order valence-electron chi connectivity index (χ2n) is 4.77. The molecule has 4 atom stereocenters. The number of aliphatic hydroxyl groups excluding tert-OH is 2. The summed E-state index contributed by atoms with van der Waals surface area (Å²) < 4.78 is 7.26. The molecular weight excluding hydrogens is 262 g/mol. The summed E-state index contributed by atoms with van der Waals surface area (Å²) in [6, 6.07) is 0. The van der Waals surface area contributed by atoms with Gasteiger partial charge in [0.2, 0.25) is 0 Å². The van der Waals surface area contributed by atoms with E-state index in [0.29, 0.717) is 24.0 Å². The number of imidazole rings is 1. The fourth-order valence-electron chi connectivity index (χ4n) is 2.46. The van der Waals surface area contributed by atoms with Crippen LogP contribution >= 0.6 is 0 Å². The van der Waals surface area contributed by atoms with Crippen molar-refractivity contribution in [3.05, 3.63) is 19.6 Å². The molecule has 0 amide bonds. The molecule has 1 aliphatic rings. The van der Waals surface area contributed by atoms with Crippen molar-refractivity contribution in [2.75, 3.05) is 5.73 Å². The maximum Gasteiger partial charge on any atom is 0.167 e. The zero-order chi connectivity index (χ0) is 14.3. The van der Waals surface area contributed by atoms with Crippen LogP contribution < -0.4 is 5.73 Å². The van der Waals surface area contributed by atoms with Crippen molar-refractivity contribution in [1.29, 1.82) is 0 Å². The lowest BCUT2D eigenvalue weighted by molar-refractivity contribution is -0.0366. The number of nitrogen functional groups attached to an aromatic ring is 1. The highest BCUT2D eigenvalue weighted by atomic mass is 16.6. The van der Waals surface area contributed by atoms with E-state index in [1.807, 2.05) is 0 Å². The minimum absolute atomic E-state index is 0.260. The standard InChI is InChI=1S/C12H16N5O3/c1-2-3-6-8(18)9(19)12(20-6)17-5-16-7-10(13)14-4-15-11(7)17/h4-6,8-9,12,18-19H,1-3H2,(H2,13,14,15)/q-1/t6-,8-,9-,12-/m1/s1. The van der Waals surface area contributed by atoms with Crippen molar-refractivity contribution in [3.8, 4) is 0 Å². The Morgan fingerprint density at radius 2 is 2.10 bits per heavy atom. The van der Waals surface area contributed by atoms with Gasteiger partial charge in [-0.2, -0.15) is 6.42 Å². The first-order valence-electron chi connectivity index (χ1n) is 6.37. The van der Waals surface area contributed by atoms with Crippen molar-refractivity contribution in [2.24, 2.45) is 0 Å². The third-order valence-corrected chi connectivity index (χ3v) is 3.49. The number of aliphatic hydroxyl groups is 2. The highest BCUT2D eigenvalue weighted by Gasteiger charge is 2.43. The van der Waals surface area contributed by atoms with Gasteiger partial charge in [-0.1, -0.05) is 6.42 Å². The number of ether oxygens (including phenoxy) is 1. The van der Waals surface area contributed by atoms with Gasteiger partial charge in [-0.05, 0) is 0 Å². The smallest absolute Gasteiger partial charge is 0.167 e. The Morgan fingerprint density at radius 1 is 1.30 bits per heavy atom. The number of nitrogens with two attached hydrogens (primary N) is 1. The molecule has 3 heterocycles. The van der Waals surface area contributed by atoms with Crippen LogP contribution in [0.1, 0.15) is 19.1 Å². The van der Waals surface area contributed by atoms with Crippen molar-refractivity contribution >= 4 is 17.0 Å². The lowest BCUT2D eigenvalue weighted by Crippen LogP contribution is -2.31. The second kappa shape index (κ2) is 4.97. The minimum atomic E-state index is -1.06. The molecule has 8 nitrogen and oxygen atoms in total. The van der Waals surface area contributed by atoms with Crippen LogP contribution in [0.5, 0.6) is 0 Å². The largest absolute Gasteiger partial charge is 0.388 e. The summed E-state index contributed by atoms with van der Waals surface area (Å²) in [5.74, 6) is 0.260. The molecular formula is C12H16N5O3-. The number of anilines is 1. The van der Waals surface area contributed by atoms with Crippen LogP contribution in [0.2, 0.25) is 0 Å². The van der Waals surface area contributed by atoms with Crippen molar-refractivity contribution < 1.29 is 14.9 Å². The Kier molecular flexibility index (Phi) is 3.28. The number of hydrogen-bond donors (Lipinski definition) is 3. The highest BCUT2D eigenvalue weighted by molar-refractivity contribution is 5.81. The Bertz CT molecular complexity index is 616. The number of hydrogen-bond acceptors (Lipinski definition) is 7. The first-order chi connectivity index (χ1) is 9.63. The van der Waals surface area contributed by atoms with Crippen LogP contribution in [0.15, 0.2) is 12.7 Å². The van der Waals surface area contributed by atoms with E-state index in [1.165, 1.54) is 12.7 Å². The molecule has 0 unspecified atom stereocenters. The lowest BCUT2D eigenvalue weighted by Gasteiger charge is -2.16. The first-order valence-corrected chi connectivity index (χ1v) is 6.37. The normalized spacial score (nSPS) is 30.1. The summed E-state index contributed by atoms with van der Waals surface area (Å²) in [5.41, 5.74) is 6.62. The van der Waals surface area contributed by atoms with E-state index in [0.717, 1.165) is 0 Å². The minimum Gasteiger partial charge on any atom is -0.388 e. The average molecular weight is 278 g/mol. The predicted molar refractivity (Wildman–Crippen MR) is 70.3 cm³/mol. The molecule has 0 aliphatic carbocycles. The van der Waals surface area contributed by atoms with Crippen LogP contribution in [0.3, 0.4) is 0 Å². The molecule has 1 fully saturated rings. The summed E-state index contributed by atoms with van der Waals surface area (Å²) in [6.07, 6.45) is 0.757. The molecule has 1 aliphatic heterocycles. The van der Waals surface area contributed by atoms with Crippen molar-refractivity contribution in [2.45, 2.75) is 37.4 Å². The third kappa shape index (κ3) is 1.92. The number of nitrogens with zero attached hydrogens (tertiary/aromatic N) is 4. The summed E-state index contributed by atoms with van der Waals surface area (Å²) in [7, 11) is 0. The van der Waals surface area contributed by atoms with Gasteiger partial charge < -0.3 is 27.6 Å². The zero-order valence-electron chi connectivity index (χ0n) is 10.8. The van der Waals surface area contributed by atoms with Gasteiger partial charge in [-0.15, -0.1) is 0 Å². The number of fused-ring (bicyclic) bond motifs is 1. The summed E-state index contributed by atoms with van der Waals surface area (Å²) in [6.45, 7) is 3.73.